The summed E-state index contributed by atoms with van der Waals surface area (Å²) in [6.45, 7) is 6.41. The van der Waals surface area contributed by atoms with Gasteiger partial charge in [0.1, 0.15) is 0 Å². The summed E-state index contributed by atoms with van der Waals surface area (Å²) < 4.78 is 16.0. The van der Waals surface area contributed by atoms with Crippen molar-refractivity contribution >= 4 is 8.80 Å². The summed E-state index contributed by atoms with van der Waals surface area (Å²) in [5.41, 5.74) is 5.61. The van der Waals surface area contributed by atoms with Crippen LogP contribution < -0.4 is 11.1 Å². The van der Waals surface area contributed by atoms with Gasteiger partial charge in [-0.15, -0.1) is 0 Å². The summed E-state index contributed by atoms with van der Waals surface area (Å²) in [6.07, 6.45) is 2.08. The third-order valence-corrected chi connectivity index (χ3v) is 4.53. The third kappa shape index (κ3) is 8.20. The van der Waals surface area contributed by atoms with E-state index in [2.05, 4.69) is 5.32 Å². The zero-order valence-corrected chi connectivity index (χ0v) is 11.9. The Labute approximate surface area is 100 Å². The Kier molecular flexibility index (Phi) is 9.10. The van der Waals surface area contributed by atoms with Crippen molar-refractivity contribution in [2.75, 3.05) is 33.9 Å². The van der Waals surface area contributed by atoms with E-state index in [4.69, 9.17) is 19.0 Å². The Morgan fingerprint density at radius 3 is 2.38 bits per heavy atom. The molecule has 0 saturated carbocycles. The SMILES string of the molecule is CO[Si](C)(OC)OCCCCNCC(C)N. The number of nitrogens with two attached hydrogens (primary N) is 1. The predicted molar refractivity (Wildman–Crippen MR) is 67.3 cm³/mol. The molecule has 0 spiro atoms. The van der Waals surface area contributed by atoms with Crippen LogP contribution in [0.5, 0.6) is 0 Å². The van der Waals surface area contributed by atoms with Gasteiger partial charge in [0.05, 0.1) is 0 Å². The lowest BCUT2D eigenvalue weighted by Crippen LogP contribution is -2.40. The highest BCUT2D eigenvalue weighted by Crippen LogP contribution is 2.06. The average molecular weight is 250 g/mol. The fourth-order valence-electron chi connectivity index (χ4n) is 1.14. The first-order chi connectivity index (χ1) is 7.54. The second-order valence-electron chi connectivity index (χ2n) is 4.01. The van der Waals surface area contributed by atoms with Crippen LogP contribution >= 0.6 is 0 Å². The van der Waals surface area contributed by atoms with Crippen LogP contribution in [0.3, 0.4) is 0 Å². The van der Waals surface area contributed by atoms with Crippen LogP contribution in [-0.4, -0.2) is 48.8 Å². The Balaban J connectivity index is 3.33. The number of hydrogen-bond donors (Lipinski definition) is 2. The normalized spacial score (nSPS) is 14.1. The van der Waals surface area contributed by atoms with Crippen molar-refractivity contribution in [1.29, 1.82) is 0 Å². The minimum atomic E-state index is -2.32. The molecule has 0 fully saturated rings. The molecule has 1 atom stereocenters. The van der Waals surface area contributed by atoms with Crippen LogP contribution in [0.4, 0.5) is 0 Å². The van der Waals surface area contributed by atoms with Crippen LogP contribution in [-0.2, 0) is 13.3 Å². The van der Waals surface area contributed by atoms with Gasteiger partial charge in [-0.3, -0.25) is 0 Å². The van der Waals surface area contributed by atoms with Gasteiger partial charge in [-0.2, -0.15) is 0 Å². The molecular formula is C10H26N2O3Si. The van der Waals surface area contributed by atoms with Gasteiger partial charge in [0.2, 0.25) is 0 Å². The van der Waals surface area contributed by atoms with Crippen LogP contribution in [0.1, 0.15) is 19.8 Å². The molecule has 0 amide bonds. The molecule has 0 heterocycles. The minimum Gasteiger partial charge on any atom is -0.377 e. The summed E-state index contributed by atoms with van der Waals surface area (Å²) in [5, 5.41) is 3.28. The van der Waals surface area contributed by atoms with E-state index in [1.165, 1.54) is 0 Å². The average Bonchev–Trinajstić information content (AvgIpc) is 2.27. The molecule has 0 aromatic carbocycles. The van der Waals surface area contributed by atoms with Crippen LogP contribution in [0.15, 0.2) is 0 Å². The summed E-state index contributed by atoms with van der Waals surface area (Å²) in [4.78, 5) is 0. The van der Waals surface area contributed by atoms with Gasteiger partial charge in [0, 0.05) is 40.0 Å². The Morgan fingerprint density at radius 2 is 1.88 bits per heavy atom. The van der Waals surface area contributed by atoms with Gasteiger partial charge < -0.3 is 24.3 Å². The second-order valence-corrected chi connectivity index (χ2v) is 6.84. The standard InChI is InChI=1S/C10H26N2O3Si/c1-10(11)9-12-7-5-6-8-15-16(4,13-2)14-3/h10,12H,5-9,11H2,1-4H3. The van der Waals surface area contributed by atoms with Crippen molar-refractivity contribution < 1.29 is 13.3 Å². The first kappa shape index (κ1) is 16.0. The van der Waals surface area contributed by atoms with E-state index in [1.54, 1.807) is 14.2 Å². The Bertz CT molecular complexity index is 166. The Hall–Kier alpha value is 0.0169. The molecule has 6 heteroatoms. The van der Waals surface area contributed by atoms with Gasteiger partial charge in [0.15, 0.2) is 0 Å². The lowest BCUT2D eigenvalue weighted by Gasteiger charge is -2.21. The summed E-state index contributed by atoms with van der Waals surface area (Å²) in [7, 11) is 0.926. The fourth-order valence-corrected chi connectivity index (χ4v) is 2.06. The van der Waals surface area contributed by atoms with Crippen molar-refractivity contribution in [3.05, 3.63) is 0 Å². The van der Waals surface area contributed by atoms with Crippen LogP contribution in [0.25, 0.3) is 0 Å². The fraction of sp³-hybridized carbons (Fsp3) is 1.00. The molecule has 0 radical (unpaired) electrons. The van der Waals surface area contributed by atoms with E-state index >= 15 is 0 Å². The van der Waals surface area contributed by atoms with E-state index in [1.807, 2.05) is 13.5 Å². The van der Waals surface area contributed by atoms with Gasteiger partial charge >= 0.3 is 8.80 Å². The first-order valence-corrected chi connectivity index (χ1v) is 7.97. The monoisotopic (exact) mass is 250 g/mol. The maximum absolute atomic E-state index is 5.61. The highest BCUT2D eigenvalue weighted by atomic mass is 28.4. The van der Waals surface area contributed by atoms with Crippen molar-refractivity contribution in [1.82, 2.24) is 5.32 Å². The van der Waals surface area contributed by atoms with Gasteiger partial charge in [-0.25, -0.2) is 0 Å². The summed E-state index contributed by atoms with van der Waals surface area (Å²) in [5.74, 6) is 0. The first-order valence-electron chi connectivity index (χ1n) is 5.74. The maximum atomic E-state index is 5.61. The van der Waals surface area contributed by atoms with E-state index < -0.39 is 8.80 Å². The molecule has 0 aromatic heterocycles. The molecule has 0 aliphatic heterocycles. The molecule has 0 aliphatic carbocycles. The van der Waals surface area contributed by atoms with E-state index in [0.717, 1.165) is 25.9 Å². The molecule has 1 unspecified atom stereocenters. The summed E-state index contributed by atoms with van der Waals surface area (Å²) in [6, 6.07) is 0.217. The summed E-state index contributed by atoms with van der Waals surface area (Å²) >= 11 is 0. The maximum Gasteiger partial charge on any atom is 0.497 e. The molecule has 0 rings (SSSR count). The topological polar surface area (TPSA) is 65.7 Å². The number of rotatable bonds is 10. The zero-order chi connectivity index (χ0) is 12.4. The Morgan fingerprint density at radius 1 is 1.25 bits per heavy atom. The van der Waals surface area contributed by atoms with Crippen LogP contribution in [0.2, 0.25) is 6.55 Å². The van der Waals surface area contributed by atoms with E-state index in [0.29, 0.717) is 6.61 Å². The van der Waals surface area contributed by atoms with E-state index in [9.17, 15) is 0 Å². The lowest BCUT2D eigenvalue weighted by atomic mass is 10.3. The largest absolute Gasteiger partial charge is 0.497 e. The molecule has 16 heavy (non-hydrogen) atoms. The number of nitrogens with one attached hydrogen (secondary N) is 1. The highest BCUT2D eigenvalue weighted by molar-refractivity contribution is 6.59. The second kappa shape index (κ2) is 9.09. The molecule has 3 N–H and O–H groups in total. The van der Waals surface area contributed by atoms with Crippen molar-refractivity contribution in [2.24, 2.45) is 5.73 Å². The van der Waals surface area contributed by atoms with E-state index in [-0.39, 0.29) is 6.04 Å². The zero-order valence-electron chi connectivity index (χ0n) is 10.9. The molecular weight excluding hydrogens is 224 g/mol. The molecule has 0 bridgehead atoms. The lowest BCUT2D eigenvalue weighted by molar-refractivity contribution is 0.104. The van der Waals surface area contributed by atoms with Crippen molar-refractivity contribution in [2.45, 2.75) is 32.4 Å². The smallest absolute Gasteiger partial charge is 0.377 e. The van der Waals surface area contributed by atoms with Gasteiger partial charge in [-0.1, -0.05) is 0 Å². The molecule has 0 aromatic rings. The van der Waals surface area contributed by atoms with Crippen molar-refractivity contribution in [3.63, 3.8) is 0 Å². The van der Waals surface area contributed by atoms with Crippen molar-refractivity contribution in [3.8, 4) is 0 Å². The molecule has 98 valence electrons. The van der Waals surface area contributed by atoms with Crippen LogP contribution in [0, 0.1) is 0 Å². The quantitative estimate of drug-likeness (QED) is 0.439. The van der Waals surface area contributed by atoms with Gasteiger partial charge in [0.25, 0.3) is 0 Å². The van der Waals surface area contributed by atoms with Gasteiger partial charge in [-0.05, 0) is 26.3 Å². The third-order valence-electron chi connectivity index (χ3n) is 2.32. The minimum absolute atomic E-state index is 0.217. The number of unbranched alkanes of at least 4 members (excludes halogenated alkanes) is 1. The molecule has 0 aliphatic rings. The number of hydrogen-bond acceptors (Lipinski definition) is 5. The molecule has 5 nitrogen and oxygen atoms in total. The molecule has 0 saturated heterocycles. The predicted octanol–water partition coefficient (Wildman–Crippen LogP) is 0.582. The highest BCUT2D eigenvalue weighted by Gasteiger charge is 2.31.